The normalized spacial score (nSPS) is 20.4. The summed E-state index contributed by atoms with van der Waals surface area (Å²) in [6.45, 7) is 3.49. The van der Waals surface area contributed by atoms with Crippen molar-refractivity contribution in [1.29, 1.82) is 0 Å². The van der Waals surface area contributed by atoms with Crippen molar-refractivity contribution < 1.29 is 9.18 Å². The Morgan fingerprint density at radius 1 is 1.45 bits per heavy atom. The van der Waals surface area contributed by atoms with E-state index in [1.807, 2.05) is 0 Å². The van der Waals surface area contributed by atoms with Gasteiger partial charge in [0.15, 0.2) is 0 Å². The fourth-order valence-corrected chi connectivity index (χ4v) is 2.58. The number of hydrogen-bond acceptors (Lipinski definition) is 3. The van der Waals surface area contributed by atoms with Crippen LogP contribution < -0.4 is 11.1 Å². The molecule has 1 amide bonds. The van der Waals surface area contributed by atoms with Crippen molar-refractivity contribution in [1.82, 2.24) is 4.90 Å². The summed E-state index contributed by atoms with van der Waals surface area (Å²) >= 11 is 0. The highest BCUT2D eigenvalue weighted by Gasteiger charge is 2.19. The van der Waals surface area contributed by atoms with Gasteiger partial charge in [-0.1, -0.05) is 12.8 Å². The molecule has 0 saturated carbocycles. The number of hydrogen-bond donors (Lipinski definition) is 2. The molecule has 0 spiro atoms. The Morgan fingerprint density at radius 3 is 3.00 bits per heavy atom. The maximum atomic E-state index is 13.1. The standard InChI is InChI=1S/C15H22FN3O/c1-11-5-3-2-4-8-19(11)10-15(20)18-12-6-7-13(16)14(17)9-12/h6-7,9,11H,2-5,8,10,17H2,1H3,(H,18,20). The number of carbonyl (C=O) groups is 1. The molecule has 110 valence electrons. The van der Waals surface area contributed by atoms with Gasteiger partial charge < -0.3 is 11.1 Å². The summed E-state index contributed by atoms with van der Waals surface area (Å²) in [5, 5.41) is 2.77. The van der Waals surface area contributed by atoms with Crippen molar-refractivity contribution in [2.45, 2.75) is 38.6 Å². The van der Waals surface area contributed by atoms with Gasteiger partial charge in [-0.3, -0.25) is 9.69 Å². The topological polar surface area (TPSA) is 58.4 Å². The summed E-state index contributed by atoms with van der Waals surface area (Å²) in [7, 11) is 0. The third kappa shape index (κ3) is 3.93. The second-order valence-corrected chi connectivity index (χ2v) is 5.45. The van der Waals surface area contributed by atoms with E-state index in [0.29, 0.717) is 18.3 Å². The predicted molar refractivity (Wildman–Crippen MR) is 78.9 cm³/mol. The van der Waals surface area contributed by atoms with Gasteiger partial charge in [0.1, 0.15) is 5.82 Å². The van der Waals surface area contributed by atoms with Crippen LogP contribution in [0.2, 0.25) is 0 Å². The quantitative estimate of drug-likeness (QED) is 0.836. The summed E-state index contributed by atoms with van der Waals surface area (Å²) in [5.41, 5.74) is 6.07. The molecule has 1 aromatic carbocycles. The minimum atomic E-state index is -0.468. The van der Waals surface area contributed by atoms with Crippen LogP contribution in [0.5, 0.6) is 0 Å². The highest BCUT2D eigenvalue weighted by molar-refractivity contribution is 5.92. The summed E-state index contributed by atoms with van der Waals surface area (Å²) < 4.78 is 13.1. The van der Waals surface area contributed by atoms with Crippen LogP contribution in [-0.2, 0) is 4.79 Å². The lowest BCUT2D eigenvalue weighted by Crippen LogP contribution is -2.39. The van der Waals surface area contributed by atoms with Gasteiger partial charge in [0.2, 0.25) is 5.91 Å². The van der Waals surface area contributed by atoms with Crippen LogP contribution in [0.3, 0.4) is 0 Å². The van der Waals surface area contributed by atoms with Gasteiger partial charge in [-0.05, 0) is 44.5 Å². The number of nitrogens with two attached hydrogens (primary N) is 1. The van der Waals surface area contributed by atoms with Gasteiger partial charge in [0.05, 0.1) is 12.2 Å². The van der Waals surface area contributed by atoms with E-state index in [-0.39, 0.29) is 11.6 Å². The van der Waals surface area contributed by atoms with E-state index in [0.717, 1.165) is 19.4 Å². The number of rotatable bonds is 3. The van der Waals surface area contributed by atoms with Gasteiger partial charge in [-0.15, -0.1) is 0 Å². The lowest BCUT2D eigenvalue weighted by Gasteiger charge is -2.26. The fraction of sp³-hybridized carbons (Fsp3) is 0.533. The molecule has 1 aliphatic heterocycles. The Hall–Kier alpha value is -1.62. The van der Waals surface area contributed by atoms with Gasteiger partial charge >= 0.3 is 0 Å². The van der Waals surface area contributed by atoms with E-state index >= 15 is 0 Å². The predicted octanol–water partition coefficient (Wildman–Crippen LogP) is 2.61. The number of anilines is 2. The van der Waals surface area contributed by atoms with Crippen LogP contribution in [0.15, 0.2) is 18.2 Å². The van der Waals surface area contributed by atoms with Crippen LogP contribution in [0.1, 0.15) is 32.6 Å². The summed E-state index contributed by atoms with van der Waals surface area (Å²) in [6.07, 6.45) is 4.74. The first kappa shape index (κ1) is 14.8. The van der Waals surface area contributed by atoms with Gasteiger partial charge in [-0.2, -0.15) is 0 Å². The largest absolute Gasteiger partial charge is 0.396 e. The first-order chi connectivity index (χ1) is 9.56. The van der Waals surface area contributed by atoms with Crippen molar-refractivity contribution in [3.8, 4) is 0 Å². The average Bonchev–Trinajstić information content (AvgIpc) is 2.59. The number of amides is 1. The summed E-state index contributed by atoms with van der Waals surface area (Å²) in [5.74, 6) is -0.547. The zero-order chi connectivity index (χ0) is 14.5. The second kappa shape index (κ2) is 6.70. The molecular weight excluding hydrogens is 257 g/mol. The van der Waals surface area contributed by atoms with Crippen molar-refractivity contribution in [3.63, 3.8) is 0 Å². The van der Waals surface area contributed by atoms with Gasteiger partial charge in [-0.25, -0.2) is 4.39 Å². The van der Waals surface area contributed by atoms with E-state index in [1.165, 1.54) is 31.0 Å². The molecule has 1 aliphatic rings. The smallest absolute Gasteiger partial charge is 0.238 e. The minimum Gasteiger partial charge on any atom is -0.396 e. The third-order valence-corrected chi connectivity index (χ3v) is 3.82. The molecule has 1 fully saturated rings. The Morgan fingerprint density at radius 2 is 2.25 bits per heavy atom. The molecule has 3 N–H and O–H groups in total. The maximum Gasteiger partial charge on any atom is 0.238 e. The first-order valence-corrected chi connectivity index (χ1v) is 7.15. The van der Waals surface area contributed by atoms with Crippen LogP contribution in [-0.4, -0.2) is 29.9 Å². The number of nitrogens with one attached hydrogen (secondary N) is 1. The van der Waals surface area contributed by atoms with Crippen LogP contribution >= 0.6 is 0 Å². The first-order valence-electron chi connectivity index (χ1n) is 7.15. The molecule has 5 heteroatoms. The van der Waals surface area contributed by atoms with Crippen molar-refractivity contribution in [3.05, 3.63) is 24.0 Å². The SMILES string of the molecule is CC1CCCCCN1CC(=O)Nc1ccc(F)c(N)c1. The van der Waals surface area contributed by atoms with Crippen molar-refractivity contribution in [2.24, 2.45) is 0 Å². The van der Waals surface area contributed by atoms with Crippen molar-refractivity contribution in [2.75, 3.05) is 24.1 Å². The summed E-state index contributed by atoms with van der Waals surface area (Å²) in [6, 6.07) is 4.66. The molecule has 1 atom stereocenters. The second-order valence-electron chi connectivity index (χ2n) is 5.45. The molecule has 1 saturated heterocycles. The van der Waals surface area contributed by atoms with E-state index in [1.54, 1.807) is 0 Å². The van der Waals surface area contributed by atoms with E-state index in [4.69, 9.17) is 5.73 Å². The Balaban J connectivity index is 1.92. The van der Waals surface area contributed by atoms with E-state index in [9.17, 15) is 9.18 Å². The molecule has 1 unspecified atom stereocenters. The van der Waals surface area contributed by atoms with E-state index < -0.39 is 5.82 Å². The Labute approximate surface area is 119 Å². The van der Waals surface area contributed by atoms with Crippen LogP contribution in [0, 0.1) is 5.82 Å². The molecule has 1 aromatic rings. The lowest BCUT2D eigenvalue weighted by atomic mass is 10.1. The number of carbonyl (C=O) groups excluding carboxylic acids is 1. The van der Waals surface area contributed by atoms with Gasteiger partial charge in [0.25, 0.3) is 0 Å². The highest BCUT2D eigenvalue weighted by atomic mass is 19.1. The molecule has 0 aromatic heterocycles. The fourth-order valence-electron chi connectivity index (χ4n) is 2.58. The minimum absolute atomic E-state index is 0.0472. The van der Waals surface area contributed by atoms with Crippen LogP contribution in [0.4, 0.5) is 15.8 Å². The number of nitrogens with zero attached hydrogens (tertiary/aromatic N) is 1. The Bertz CT molecular complexity index is 478. The molecule has 1 heterocycles. The average molecular weight is 279 g/mol. The molecule has 0 radical (unpaired) electrons. The lowest BCUT2D eigenvalue weighted by molar-refractivity contribution is -0.117. The highest BCUT2D eigenvalue weighted by Crippen LogP contribution is 2.18. The number of likely N-dealkylation sites (tertiary alicyclic amines) is 1. The molecular formula is C15H22FN3O. The molecule has 0 aliphatic carbocycles. The molecule has 0 bridgehead atoms. The third-order valence-electron chi connectivity index (χ3n) is 3.82. The van der Waals surface area contributed by atoms with Crippen molar-refractivity contribution >= 4 is 17.3 Å². The molecule has 4 nitrogen and oxygen atoms in total. The number of nitrogen functional groups attached to an aromatic ring is 1. The van der Waals surface area contributed by atoms with Crippen LogP contribution in [0.25, 0.3) is 0 Å². The molecule has 20 heavy (non-hydrogen) atoms. The van der Waals surface area contributed by atoms with Gasteiger partial charge in [0, 0.05) is 11.7 Å². The molecule has 2 rings (SSSR count). The summed E-state index contributed by atoms with van der Waals surface area (Å²) in [4.78, 5) is 14.3. The monoisotopic (exact) mass is 279 g/mol. The zero-order valence-corrected chi connectivity index (χ0v) is 11.9. The number of benzene rings is 1. The number of halogens is 1. The maximum absolute atomic E-state index is 13.1. The Kier molecular flexibility index (Phi) is 4.95. The van der Waals surface area contributed by atoms with E-state index in [2.05, 4.69) is 17.1 Å². The zero-order valence-electron chi connectivity index (χ0n) is 11.9.